The second-order valence-corrected chi connectivity index (χ2v) is 9.56. The highest BCUT2D eigenvalue weighted by atomic mass is 32.2. The molecule has 3 atom stereocenters. The minimum atomic E-state index is -3.67. The Kier molecular flexibility index (Phi) is 4.80. The molecule has 8 nitrogen and oxygen atoms in total. The average molecular weight is 426 g/mol. The van der Waals surface area contributed by atoms with Gasteiger partial charge in [-0.25, -0.2) is 0 Å². The number of nitrogens with one attached hydrogen (secondary N) is 4. The van der Waals surface area contributed by atoms with E-state index in [0.717, 1.165) is 25.8 Å². The minimum absolute atomic E-state index is 0.0879. The van der Waals surface area contributed by atoms with E-state index in [1.165, 1.54) is 0 Å². The van der Waals surface area contributed by atoms with Gasteiger partial charge in [0.15, 0.2) is 5.84 Å². The molecule has 9 heteroatoms. The highest BCUT2D eigenvalue weighted by Crippen LogP contribution is 2.28. The third kappa shape index (κ3) is 3.60. The normalized spacial score (nSPS) is 26.4. The topological polar surface area (TPSA) is 112 Å². The number of hydrogen-bond acceptors (Lipinski definition) is 6. The second kappa shape index (κ2) is 7.50. The largest absolute Gasteiger partial charge is 0.349 e. The van der Waals surface area contributed by atoms with Crippen molar-refractivity contribution >= 4 is 27.5 Å². The maximum absolute atomic E-state index is 12.6. The number of carbonyl (C=O) groups excluding carboxylic acids is 1. The van der Waals surface area contributed by atoms with Gasteiger partial charge in [0.25, 0.3) is 15.9 Å². The van der Waals surface area contributed by atoms with Crippen molar-refractivity contribution in [1.29, 1.82) is 0 Å². The van der Waals surface area contributed by atoms with Crippen LogP contribution in [0.1, 0.15) is 35.2 Å². The van der Waals surface area contributed by atoms with E-state index in [0.29, 0.717) is 34.6 Å². The fourth-order valence-corrected chi connectivity index (χ4v) is 5.61. The van der Waals surface area contributed by atoms with Gasteiger partial charge < -0.3 is 10.6 Å². The van der Waals surface area contributed by atoms with Gasteiger partial charge in [0, 0.05) is 35.4 Å². The van der Waals surface area contributed by atoms with E-state index in [2.05, 4.69) is 25.9 Å². The molecule has 3 aliphatic rings. The van der Waals surface area contributed by atoms with Crippen LogP contribution in [-0.4, -0.2) is 38.8 Å². The Hall–Kier alpha value is -2.75. The molecule has 2 aromatic rings. The van der Waals surface area contributed by atoms with Crippen molar-refractivity contribution in [3.05, 3.63) is 59.7 Å². The van der Waals surface area contributed by atoms with Crippen LogP contribution in [0.15, 0.2) is 57.8 Å². The SMILES string of the molecule is O=C(NC1CCC2NNCC2C1)c1ccc(NC2=NS(=O)(=O)c3ccccc32)cc1. The van der Waals surface area contributed by atoms with Crippen LogP contribution in [0.2, 0.25) is 0 Å². The highest BCUT2D eigenvalue weighted by Gasteiger charge is 2.34. The summed E-state index contributed by atoms with van der Waals surface area (Å²) in [4.78, 5) is 12.8. The van der Waals surface area contributed by atoms with Gasteiger partial charge in [-0.15, -0.1) is 4.40 Å². The summed E-state index contributed by atoms with van der Waals surface area (Å²) in [6.07, 6.45) is 3.00. The van der Waals surface area contributed by atoms with E-state index in [-0.39, 0.29) is 16.8 Å². The lowest BCUT2D eigenvalue weighted by Crippen LogP contribution is -2.44. The molecule has 1 saturated carbocycles. The first-order chi connectivity index (χ1) is 14.5. The summed E-state index contributed by atoms with van der Waals surface area (Å²) in [5, 5.41) is 6.20. The Morgan fingerprint density at radius 3 is 2.70 bits per heavy atom. The van der Waals surface area contributed by atoms with Gasteiger partial charge in [-0.3, -0.25) is 15.6 Å². The smallest absolute Gasteiger partial charge is 0.285 e. The van der Waals surface area contributed by atoms with Gasteiger partial charge in [0.1, 0.15) is 4.90 Å². The Labute approximate surface area is 175 Å². The maximum Gasteiger partial charge on any atom is 0.285 e. The molecule has 4 N–H and O–H groups in total. The molecule has 2 aromatic carbocycles. The summed E-state index contributed by atoms with van der Waals surface area (Å²) < 4.78 is 28.2. The lowest BCUT2D eigenvalue weighted by Gasteiger charge is -2.31. The molecule has 1 aliphatic carbocycles. The lowest BCUT2D eigenvalue weighted by atomic mass is 9.83. The number of amidine groups is 1. The van der Waals surface area contributed by atoms with E-state index in [1.807, 2.05) is 0 Å². The molecule has 0 spiro atoms. The van der Waals surface area contributed by atoms with E-state index >= 15 is 0 Å². The summed E-state index contributed by atoms with van der Waals surface area (Å²) in [5.74, 6) is 0.760. The van der Waals surface area contributed by atoms with Crippen LogP contribution in [0.4, 0.5) is 5.69 Å². The number of fused-ring (bicyclic) bond motifs is 2. The third-order valence-corrected chi connectivity index (χ3v) is 7.35. The summed E-state index contributed by atoms with van der Waals surface area (Å²) in [5.41, 5.74) is 8.28. The molecule has 156 valence electrons. The molecule has 2 heterocycles. The molecular weight excluding hydrogens is 402 g/mol. The van der Waals surface area contributed by atoms with Crippen molar-refractivity contribution in [2.75, 3.05) is 11.9 Å². The predicted molar refractivity (Wildman–Crippen MR) is 114 cm³/mol. The Morgan fingerprint density at radius 1 is 1.07 bits per heavy atom. The lowest BCUT2D eigenvalue weighted by molar-refractivity contribution is 0.0918. The summed E-state index contributed by atoms with van der Waals surface area (Å²) in [6, 6.07) is 14.4. The zero-order valence-electron chi connectivity index (χ0n) is 16.3. The molecule has 2 aliphatic heterocycles. The first-order valence-electron chi connectivity index (χ1n) is 10.1. The fraction of sp³-hybridized carbons (Fsp3) is 0.333. The molecule has 0 radical (unpaired) electrons. The monoisotopic (exact) mass is 425 g/mol. The summed E-state index contributed by atoms with van der Waals surface area (Å²) >= 11 is 0. The van der Waals surface area contributed by atoms with E-state index in [4.69, 9.17) is 0 Å². The van der Waals surface area contributed by atoms with Crippen LogP contribution in [-0.2, 0) is 10.0 Å². The van der Waals surface area contributed by atoms with Gasteiger partial charge in [-0.2, -0.15) is 8.42 Å². The molecule has 2 fully saturated rings. The number of anilines is 1. The molecule has 0 bridgehead atoms. The number of carbonyl (C=O) groups is 1. The standard InChI is InChI=1S/C21H23N5O3S/c27-21(24-16-9-10-18-14(11-16)12-22-25-18)13-5-7-15(8-6-13)23-20-17-3-1-2-4-19(17)30(28,29)26-20/h1-8,14,16,18,22,25H,9-12H2,(H,23,26)(H,24,27). The number of nitrogens with zero attached hydrogens (tertiary/aromatic N) is 1. The predicted octanol–water partition coefficient (Wildman–Crippen LogP) is 1.62. The first-order valence-corrected chi connectivity index (χ1v) is 11.5. The number of benzene rings is 2. The molecule has 30 heavy (non-hydrogen) atoms. The molecule has 5 rings (SSSR count). The molecule has 0 aromatic heterocycles. The van der Waals surface area contributed by atoms with Crippen molar-refractivity contribution in [2.45, 2.75) is 36.2 Å². The fourth-order valence-electron chi connectivity index (χ4n) is 4.44. The number of hydrazine groups is 1. The van der Waals surface area contributed by atoms with Crippen LogP contribution in [0, 0.1) is 5.92 Å². The number of hydrogen-bond donors (Lipinski definition) is 4. The number of sulfonamides is 1. The van der Waals surface area contributed by atoms with Gasteiger partial charge in [-0.05, 0) is 61.6 Å². The van der Waals surface area contributed by atoms with Crippen molar-refractivity contribution in [2.24, 2.45) is 10.3 Å². The van der Waals surface area contributed by atoms with Crippen molar-refractivity contribution < 1.29 is 13.2 Å². The van der Waals surface area contributed by atoms with Crippen LogP contribution in [0.25, 0.3) is 0 Å². The molecule has 1 saturated heterocycles. The summed E-state index contributed by atoms with van der Waals surface area (Å²) in [7, 11) is -3.67. The van der Waals surface area contributed by atoms with Crippen molar-refractivity contribution in [1.82, 2.24) is 16.2 Å². The van der Waals surface area contributed by atoms with Crippen LogP contribution >= 0.6 is 0 Å². The summed E-state index contributed by atoms with van der Waals surface area (Å²) in [6.45, 7) is 0.945. The zero-order valence-corrected chi connectivity index (χ0v) is 17.1. The van der Waals surface area contributed by atoms with E-state index in [9.17, 15) is 13.2 Å². The van der Waals surface area contributed by atoms with Gasteiger partial charge >= 0.3 is 0 Å². The Bertz CT molecular complexity index is 1110. The highest BCUT2D eigenvalue weighted by molar-refractivity contribution is 7.90. The quantitative estimate of drug-likeness (QED) is 0.595. The number of rotatable bonds is 3. The maximum atomic E-state index is 12.6. The van der Waals surface area contributed by atoms with Gasteiger partial charge in [0.2, 0.25) is 0 Å². The van der Waals surface area contributed by atoms with Crippen LogP contribution in [0.5, 0.6) is 0 Å². The number of amides is 1. The van der Waals surface area contributed by atoms with Crippen LogP contribution < -0.4 is 21.5 Å². The molecular formula is C21H23N5O3S. The van der Waals surface area contributed by atoms with Gasteiger partial charge in [0.05, 0.1) is 0 Å². The molecule has 1 amide bonds. The van der Waals surface area contributed by atoms with Crippen molar-refractivity contribution in [3.8, 4) is 0 Å². The van der Waals surface area contributed by atoms with Crippen LogP contribution in [0.3, 0.4) is 0 Å². The van der Waals surface area contributed by atoms with Gasteiger partial charge in [-0.1, -0.05) is 12.1 Å². The first kappa shape index (κ1) is 19.2. The second-order valence-electron chi connectivity index (χ2n) is 7.99. The van der Waals surface area contributed by atoms with E-state index in [1.54, 1.807) is 48.5 Å². The van der Waals surface area contributed by atoms with Crippen molar-refractivity contribution in [3.63, 3.8) is 0 Å². The Morgan fingerprint density at radius 2 is 1.87 bits per heavy atom. The third-order valence-electron chi connectivity index (χ3n) is 6.01. The van der Waals surface area contributed by atoms with E-state index < -0.39 is 10.0 Å². The molecule has 3 unspecified atom stereocenters. The zero-order chi connectivity index (χ0) is 20.7. The Balaban J connectivity index is 1.24. The minimum Gasteiger partial charge on any atom is -0.349 e. The average Bonchev–Trinajstić information content (AvgIpc) is 3.31.